The highest BCUT2D eigenvalue weighted by Crippen LogP contribution is 2.39. The van der Waals surface area contributed by atoms with Crippen LogP contribution in [0.15, 0.2) is 58.5 Å². The number of hydrogen-bond acceptors (Lipinski definition) is 10. The first-order valence-electron chi connectivity index (χ1n) is 13.7. The number of ether oxygens (including phenoxy) is 2. The van der Waals surface area contributed by atoms with Gasteiger partial charge in [0, 0.05) is 37.1 Å². The standard InChI is InChI=1S/C28H36N4O8S2/c1-19-5-3-8-24-26(19)31-16-25(27(24)34)42(37,38)32-11-9-28(10-12-32)14-20(17-40-28)30-15-21(33)18-39-22-6-4-7-23(13-22)41(35,36)29-2/h3-8,13,16,20-21,29-30,33H,9-12,14-15,17-18H2,1-2H3,(H,31,34)/t20-,21?/m1/s1. The van der Waals surface area contributed by atoms with Crippen molar-refractivity contribution in [3.05, 3.63) is 54.2 Å². The molecule has 228 valence electrons. The lowest BCUT2D eigenvalue weighted by molar-refractivity contribution is -0.0312. The monoisotopic (exact) mass is 620 g/mol. The SMILES string of the molecule is CNS(=O)(=O)c1cccc(OCC(O)CN[C@H]2COC3(CCN(S(=O)(=O)c4cnc5c(C)cccc5c4O)CC3)C2)c1. The largest absolute Gasteiger partial charge is 0.506 e. The fraction of sp³-hybridized carbons (Fsp3) is 0.464. The molecular formula is C28H36N4O8S2. The molecule has 2 aliphatic heterocycles. The first-order valence-corrected chi connectivity index (χ1v) is 16.7. The quantitative estimate of drug-likeness (QED) is 0.261. The molecule has 0 amide bonds. The molecule has 0 saturated carbocycles. The number of hydrogen-bond donors (Lipinski definition) is 4. The van der Waals surface area contributed by atoms with Crippen LogP contribution < -0.4 is 14.8 Å². The van der Waals surface area contributed by atoms with Crippen molar-refractivity contribution in [3.8, 4) is 11.5 Å². The number of nitrogens with zero attached hydrogens (tertiary/aromatic N) is 2. The van der Waals surface area contributed by atoms with Crippen molar-refractivity contribution >= 4 is 30.9 Å². The second-order valence-corrected chi connectivity index (χ2v) is 14.6. The fourth-order valence-electron chi connectivity index (χ4n) is 5.53. The summed E-state index contributed by atoms with van der Waals surface area (Å²) in [6.45, 7) is 2.99. The summed E-state index contributed by atoms with van der Waals surface area (Å²) in [5.74, 6) is 0.0433. The third kappa shape index (κ3) is 6.25. The van der Waals surface area contributed by atoms with Gasteiger partial charge >= 0.3 is 0 Å². The summed E-state index contributed by atoms with van der Waals surface area (Å²) in [7, 11) is -6.22. The van der Waals surface area contributed by atoms with E-state index in [2.05, 4.69) is 15.0 Å². The average Bonchev–Trinajstić information content (AvgIpc) is 3.37. The number of rotatable bonds is 10. The molecule has 0 radical (unpaired) electrons. The van der Waals surface area contributed by atoms with E-state index in [-0.39, 0.29) is 47.8 Å². The van der Waals surface area contributed by atoms with Crippen LogP contribution in [0.25, 0.3) is 10.9 Å². The van der Waals surface area contributed by atoms with E-state index < -0.39 is 31.8 Å². The normalized spacial score (nSPS) is 20.2. The van der Waals surface area contributed by atoms with E-state index in [1.54, 1.807) is 24.3 Å². The first kappa shape index (κ1) is 30.6. The lowest BCUT2D eigenvalue weighted by atomic mass is 9.88. The number of aliphatic hydroxyl groups excluding tert-OH is 1. The minimum atomic E-state index is -3.95. The van der Waals surface area contributed by atoms with Gasteiger partial charge in [-0.25, -0.2) is 21.6 Å². The predicted octanol–water partition coefficient (Wildman–Crippen LogP) is 1.50. The summed E-state index contributed by atoms with van der Waals surface area (Å²) in [4.78, 5) is 4.18. The molecule has 0 bridgehead atoms. The van der Waals surface area contributed by atoms with Gasteiger partial charge in [-0.3, -0.25) is 4.98 Å². The van der Waals surface area contributed by atoms with Crippen LogP contribution in [0.3, 0.4) is 0 Å². The smallest absolute Gasteiger partial charge is 0.248 e. The molecule has 1 spiro atoms. The first-order chi connectivity index (χ1) is 19.9. The Morgan fingerprint density at radius 2 is 1.90 bits per heavy atom. The van der Waals surface area contributed by atoms with Crippen LogP contribution in [-0.2, 0) is 24.8 Å². The highest BCUT2D eigenvalue weighted by atomic mass is 32.2. The van der Waals surface area contributed by atoms with E-state index in [4.69, 9.17) is 9.47 Å². The van der Waals surface area contributed by atoms with E-state index in [0.717, 1.165) is 5.56 Å². The average molecular weight is 621 g/mol. The molecular weight excluding hydrogens is 584 g/mol. The summed E-state index contributed by atoms with van der Waals surface area (Å²) < 4.78 is 66.2. The zero-order valence-corrected chi connectivity index (χ0v) is 25.1. The number of nitrogens with one attached hydrogen (secondary N) is 2. The third-order valence-corrected chi connectivity index (χ3v) is 11.3. The minimum Gasteiger partial charge on any atom is -0.506 e. The van der Waals surface area contributed by atoms with E-state index in [9.17, 15) is 27.0 Å². The second kappa shape index (κ2) is 12.0. The highest BCUT2D eigenvalue weighted by molar-refractivity contribution is 7.89. The molecule has 42 heavy (non-hydrogen) atoms. The minimum absolute atomic E-state index is 0.0242. The van der Waals surface area contributed by atoms with Crippen LogP contribution in [0.4, 0.5) is 0 Å². The lowest BCUT2D eigenvalue weighted by Crippen LogP contribution is -2.47. The van der Waals surface area contributed by atoms with E-state index in [0.29, 0.717) is 42.5 Å². The molecule has 12 nitrogen and oxygen atoms in total. The summed E-state index contributed by atoms with van der Waals surface area (Å²) in [5.41, 5.74) is 0.946. The Kier molecular flexibility index (Phi) is 8.77. The third-order valence-electron chi connectivity index (χ3n) is 7.97. The summed E-state index contributed by atoms with van der Waals surface area (Å²) in [6.07, 6.45) is 2.06. The van der Waals surface area contributed by atoms with Gasteiger partial charge in [0.2, 0.25) is 20.0 Å². The molecule has 1 aromatic heterocycles. The molecule has 2 atom stereocenters. The van der Waals surface area contributed by atoms with Gasteiger partial charge < -0.3 is 25.0 Å². The number of aromatic hydroxyl groups is 1. The summed E-state index contributed by atoms with van der Waals surface area (Å²) in [5, 5.41) is 24.9. The molecule has 3 heterocycles. The number of piperidine rings is 1. The van der Waals surface area contributed by atoms with Gasteiger partial charge in [-0.05, 0) is 57.0 Å². The maximum Gasteiger partial charge on any atom is 0.248 e. The van der Waals surface area contributed by atoms with Gasteiger partial charge in [0.05, 0.1) is 28.8 Å². The van der Waals surface area contributed by atoms with Crippen molar-refractivity contribution in [1.82, 2.24) is 19.3 Å². The Morgan fingerprint density at radius 1 is 1.17 bits per heavy atom. The number of aromatic nitrogens is 1. The van der Waals surface area contributed by atoms with Gasteiger partial charge in [-0.1, -0.05) is 18.2 Å². The number of sulfonamides is 2. The fourth-order valence-corrected chi connectivity index (χ4v) is 7.77. The topological polar surface area (TPSA) is 167 Å². The maximum atomic E-state index is 13.4. The Morgan fingerprint density at radius 3 is 2.64 bits per heavy atom. The van der Waals surface area contributed by atoms with Crippen molar-refractivity contribution in [2.45, 2.75) is 53.7 Å². The van der Waals surface area contributed by atoms with Crippen LogP contribution in [0.1, 0.15) is 24.8 Å². The molecule has 0 aliphatic carbocycles. The molecule has 2 saturated heterocycles. The molecule has 14 heteroatoms. The highest BCUT2D eigenvalue weighted by Gasteiger charge is 2.45. The van der Waals surface area contributed by atoms with Crippen molar-refractivity contribution in [3.63, 3.8) is 0 Å². The Bertz CT molecular complexity index is 1660. The lowest BCUT2D eigenvalue weighted by Gasteiger charge is -2.38. The van der Waals surface area contributed by atoms with Crippen LogP contribution >= 0.6 is 0 Å². The molecule has 2 aliphatic rings. The van der Waals surface area contributed by atoms with Gasteiger partial charge in [-0.15, -0.1) is 0 Å². The van der Waals surface area contributed by atoms with Crippen LogP contribution in [0, 0.1) is 6.92 Å². The number of benzene rings is 2. The van der Waals surface area contributed by atoms with Crippen molar-refractivity contribution in [2.75, 3.05) is 39.9 Å². The second-order valence-electron chi connectivity index (χ2n) is 10.8. The zero-order chi connectivity index (χ0) is 30.1. The van der Waals surface area contributed by atoms with Gasteiger partial charge in [0.15, 0.2) is 0 Å². The Labute approximate surface area is 245 Å². The van der Waals surface area contributed by atoms with E-state index >= 15 is 0 Å². The van der Waals surface area contributed by atoms with Gasteiger partial charge in [0.25, 0.3) is 0 Å². The number of aliphatic hydroxyl groups is 1. The summed E-state index contributed by atoms with van der Waals surface area (Å²) in [6, 6.07) is 11.3. The molecule has 4 N–H and O–H groups in total. The molecule has 3 aromatic rings. The summed E-state index contributed by atoms with van der Waals surface area (Å²) >= 11 is 0. The number of fused-ring (bicyclic) bond motifs is 1. The van der Waals surface area contributed by atoms with Crippen molar-refractivity contribution in [1.29, 1.82) is 0 Å². The van der Waals surface area contributed by atoms with Crippen LogP contribution in [0.5, 0.6) is 11.5 Å². The van der Waals surface area contributed by atoms with Crippen LogP contribution in [-0.4, -0.2) is 94.0 Å². The van der Waals surface area contributed by atoms with E-state index in [1.807, 2.05) is 13.0 Å². The molecule has 1 unspecified atom stereocenters. The number of para-hydroxylation sites is 1. The number of aryl methyl sites for hydroxylation is 1. The van der Waals surface area contributed by atoms with Crippen LogP contribution in [0.2, 0.25) is 0 Å². The number of pyridine rings is 1. The zero-order valence-electron chi connectivity index (χ0n) is 23.5. The predicted molar refractivity (Wildman–Crippen MR) is 155 cm³/mol. The molecule has 2 aromatic carbocycles. The molecule has 5 rings (SSSR count). The van der Waals surface area contributed by atoms with Crippen molar-refractivity contribution < 1.29 is 36.5 Å². The van der Waals surface area contributed by atoms with E-state index in [1.165, 1.54) is 29.7 Å². The maximum absolute atomic E-state index is 13.4. The van der Waals surface area contributed by atoms with Crippen molar-refractivity contribution in [2.24, 2.45) is 0 Å². The van der Waals surface area contributed by atoms with Gasteiger partial charge in [0.1, 0.15) is 29.1 Å². The Balaban J connectivity index is 1.12. The molecule has 2 fully saturated rings. The Hall–Kier alpha value is -2.85. The van der Waals surface area contributed by atoms with Gasteiger partial charge in [-0.2, -0.15) is 4.31 Å².